The summed E-state index contributed by atoms with van der Waals surface area (Å²) in [5, 5.41) is 3.56. The maximum absolute atomic E-state index is 5.97. The van der Waals surface area contributed by atoms with Crippen LogP contribution < -0.4 is 11.1 Å². The highest BCUT2D eigenvalue weighted by Crippen LogP contribution is 2.36. The van der Waals surface area contributed by atoms with Crippen molar-refractivity contribution in [2.45, 2.75) is 58.0 Å². The van der Waals surface area contributed by atoms with Gasteiger partial charge < -0.3 is 5.73 Å². The number of hydrogen-bond donors (Lipinski definition) is 2. The number of rotatable bonds is 4. The fourth-order valence-corrected chi connectivity index (χ4v) is 2.85. The SMILES string of the molecule is C#CC(C)NC1(CN)CCCC(C(C)C)C1. The fraction of sp³-hybridized carbons (Fsp3) is 0.857. The molecule has 0 bridgehead atoms. The van der Waals surface area contributed by atoms with Crippen LogP contribution in [0.25, 0.3) is 0 Å². The van der Waals surface area contributed by atoms with Crippen LogP contribution in [0.3, 0.4) is 0 Å². The van der Waals surface area contributed by atoms with Crippen LogP contribution in [0, 0.1) is 24.2 Å². The van der Waals surface area contributed by atoms with Crippen molar-refractivity contribution in [3.05, 3.63) is 0 Å². The third-order valence-corrected chi connectivity index (χ3v) is 3.99. The second-order valence-corrected chi connectivity index (χ2v) is 5.62. The predicted molar refractivity (Wildman–Crippen MR) is 70.0 cm³/mol. The summed E-state index contributed by atoms with van der Waals surface area (Å²) in [5.41, 5.74) is 6.05. The van der Waals surface area contributed by atoms with E-state index in [0.717, 1.165) is 11.8 Å². The van der Waals surface area contributed by atoms with Crippen molar-refractivity contribution in [2.24, 2.45) is 17.6 Å². The molecule has 0 aliphatic heterocycles. The zero-order valence-electron chi connectivity index (χ0n) is 10.9. The summed E-state index contributed by atoms with van der Waals surface area (Å²) in [6.07, 6.45) is 10.4. The smallest absolute Gasteiger partial charge is 0.0663 e. The van der Waals surface area contributed by atoms with E-state index in [2.05, 4.69) is 25.1 Å². The zero-order valence-corrected chi connectivity index (χ0v) is 10.9. The minimum atomic E-state index is 0.0823. The maximum Gasteiger partial charge on any atom is 0.0663 e. The van der Waals surface area contributed by atoms with Crippen molar-refractivity contribution in [3.8, 4) is 12.3 Å². The van der Waals surface area contributed by atoms with Gasteiger partial charge in [-0.05, 0) is 31.6 Å². The lowest BCUT2D eigenvalue weighted by atomic mass is 9.71. The monoisotopic (exact) mass is 222 g/mol. The van der Waals surface area contributed by atoms with E-state index >= 15 is 0 Å². The second-order valence-electron chi connectivity index (χ2n) is 5.62. The van der Waals surface area contributed by atoms with Crippen molar-refractivity contribution >= 4 is 0 Å². The quantitative estimate of drug-likeness (QED) is 0.715. The van der Waals surface area contributed by atoms with E-state index in [0.29, 0.717) is 6.54 Å². The molecule has 1 rings (SSSR count). The average molecular weight is 222 g/mol. The average Bonchev–Trinajstić information content (AvgIpc) is 2.29. The number of nitrogens with one attached hydrogen (secondary N) is 1. The van der Waals surface area contributed by atoms with Gasteiger partial charge in [0.15, 0.2) is 0 Å². The molecule has 2 nitrogen and oxygen atoms in total. The third kappa shape index (κ3) is 3.23. The van der Waals surface area contributed by atoms with Gasteiger partial charge in [0.05, 0.1) is 6.04 Å². The Labute approximate surface area is 100 Å². The Morgan fingerprint density at radius 3 is 2.69 bits per heavy atom. The molecular weight excluding hydrogens is 196 g/mol. The molecule has 3 unspecified atom stereocenters. The molecule has 2 heteroatoms. The molecule has 0 aromatic heterocycles. The van der Waals surface area contributed by atoms with Gasteiger partial charge in [-0.25, -0.2) is 0 Å². The Bertz CT molecular complexity index is 254. The van der Waals surface area contributed by atoms with Gasteiger partial charge in [-0.3, -0.25) is 5.32 Å². The molecule has 0 amide bonds. The summed E-state index contributed by atoms with van der Waals surface area (Å²) in [4.78, 5) is 0. The first-order chi connectivity index (χ1) is 7.53. The normalized spacial score (nSPS) is 32.4. The summed E-state index contributed by atoms with van der Waals surface area (Å²) in [5.74, 6) is 4.28. The largest absolute Gasteiger partial charge is 0.329 e. The van der Waals surface area contributed by atoms with Gasteiger partial charge in [-0.2, -0.15) is 0 Å². The van der Waals surface area contributed by atoms with E-state index in [4.69, 9.17) is 12.2 Å². The molecule has 0 saturated heterocycles. The van der Waals surface area contributed by atoms with Crippen molar-refractivity contribution in [3.63, 3.8) is 0 Å². The number of terminal acetylenes is 1. The maximum atomic E-state index is 5.97. The van der Waals surface area contributed by atoms with Gasteiger partial charge >= 0.3 is 0 Å². The summed E-state index contributed by atoms with van der Waals surface area (Å²) in [6, 6.07) is 0.120. The summed E-state index contributed by atoms with van der Waals surface area (Å²) in [7, 11) is 0. The van der Waals surface area contributed by atoms with Gasteiger partial charge in [0, 0.05) is 12.1 Å². The van der Waals surface area contributed by atoms with Crippen molar-refractivity contribution < 1.29 is 0 Å². The Morgan fingerprint density at radius 2 is 2.19 bits per heavy atom. The van der Waals surface area contributed by atoms with Crippen molar-refractivity contribution in [2.75, 3.05) is 6.54 Å². The van der Waals surface area contributed by atoms with E-state index in [1.54, 1.807) is 0 Å². The first kappa shape index (κ1) is 13.5. The molecule has 0 aromatic rings. The topological polar surface area (TPSA) is 38.0 Å². The molecule has 1 saturated carbocycles. The Balaban J connectivity index is 2.68. The Morgan fingerprint density at radius 1 is 1.50 bits per heavy atom. The Hall–Kier alpha value is -0.520. The van der Waals surface area contributed by atoms with E-state index in [1.807, 2.05) is 6.92 Å². The van der Waals surface area contributed by atoms with Gasteiger partial charge in [0.1, 0.15) is 0 Å². The van der Waals surface area contributed by atoms with Gasteiger partial charge in [0.25, 0.3) is 0 Å². The van der Waals surface area contributed by atoms with E-state index in [9.17, 15) is 0 Å². The molecule has 0 heterocycles. The van der Waals surface area contributed by atoms with Crippen LogP contribution >= 0.6 is 0 Å². The highest BCUT2D eigenvalue weighted by atomic mass is 15.0. The molecule has 1 aliphatic carbocycles. The lowest BCUT2D eigenvalue weighted by Crippen LogP contribution is -2.57. The molecule has 0 aromatic carbocycles. The summed E-state index contributed by atoms with van der Waals surface area (Å²) < 4.78 is 0. The van der Waals surface area contributed by atoms with Gasteiger partial charge in [-0.1, -0.05) is 32.6 Å². The van der Waals surface area contributed by atoms with Crippen LogP contribution in [0.4, 0.5) is 0 Å². The van der Waals surface area contributed by atoms with Crippen LogP contribution in [0.15, 0.2) is 0 Å². The molecule has 92 valence electrons. The standard InChI is InChI=1S/C14H26N2/c1-5-12(4)16-14(10-15)8-6-7-13(9-14)11(2)3/h1,11-13,16H,6-10,15H2,2-4H3. The lowest BCUT2D eigenvalue weighted by molar-refractivity contribution is 0.149. The number of hydrogen-bond acceptors (Lipinski definition) is 2. The minimum absolute atomic E-state index is 0.0823. The first-order valence-corrected chi connectivity index (χ1v) is 6.47. The second kappa shape index (κ2) is 5.70. The van der Waals surface area contributed by atoms with Crippen LogP contribution in [0.1, 0.15) is 46.5 Å². The molecule has 0 radical (unpaired) electrons. The fourth-order valence-electron chi connectivity index (χ4n) is 2.85. The van der Waals surface area contributed by atoms with Gasteiger partial charge in [0.2, 0.25) is 0 Å². The molecule has 3 atom stereocenters. The molecule has 1 fully saturated rings. The molecular formula is C14H26N2. The van der Waals surface area contributed by atoms with Crippen molar-refractivity contribution in [1.82, 2.24) is 5.32 Å². The minimum Gasteiger partial charge on any atom is -0.329 e. The van der Waals surface area contributed by atoms with Crippen LogP contribution in [-0.2, 0) is 0 Å². The number of nitrogens with two attached hydrogens (primary N) is 1. The molecule has 1 aliphatic rings. The first-order valence-electron chi connectivity index (χ1n) is 6.47. The van der Waals surface area contributed by atoms with Crippen LogP contribution in [0.2, 0.25) is 0 Å². The molecule has 16 heavy (non-hydrogen) atoms. The molecule has 0 spiro atoms. The van der Waals surface area contributed by atoms with Crippen LogP contribution in [-0.4, -0.2) is 18.1 Å². The third-order valence-electron chi connectivity index (χ3n) is 3.99. The van der Waals surface area contributed by atoms with E-state index < -0.39 is 0 Å². The van der Waals surface area contributed by atoms with Crippen molar-refractivity contribution in [1.29, 1.82) is 0 Å². The Kier molecular flexibility index (Phi) is 4.83. The van der Waals surface area contributed by atoms with E-state index in [1.165, 1.54) is 25.7 Å². The zero-order chi connectivity index (χ0) is 12.2. The predicted octanol–water partition coefficient (Wildman–Crippen LogP) is 2.14. The van der Waals surface area contributed by atoms with Gasteiger partial charge in [-0.15, -0.1) is 6.42 Å². The lowest BCUT2D eigenvalue weighted by Gasteiger charge is -2.43. The summed E-state index contributed by atoms with van der Waals surface area (Å²) in [6.45, 7) is 7.35. The molecule has 3 N–H and O–H groups in total. The van der Waals surface area contributed by atoms with E-state index in [-0.39, 0.29) is 11.6 Å². The summed E-state index contributed by atoms with van der Waals surface area (Å²) >= 11 is 0. The highest BCUT2D eigenvalue weighted by Gasteiger charge is 2.36. The van der Waals surface area contributed by atoms with Crippen LogP contribution in [0.5, 0.6) is 0 Å². The highest BCUT2D eigenvalue weighted by molar-refractivity contribution is 5.04.